The van der Waals surface area contributed by atoms with E-state index in [-0.39, 0.29) is 6.04 Å². The number of aromatic nitrogens is 1. The van der Waals surface area contributed by atoms with E-state index in [4.69, 9.17) is 33.0 Å². The van der Waals surface area contributed by atoms with E-state index in [1.807, 2.05) is 66.7 Å². The molecule has 0 bridgehead atoms. The maximum atomic E-state index is 6.17. The molecule has 1 aromatic heterocycles. The topological polar surface area (TPSA) is 49.8 Å². The fraction of sp³-hybridized carbons (Fsp3) is 0.0968. The largest absolute Gasteiger partial charge is 0.497 e. The van der Waals surface area contributed by atoms with Gasteiger partial charge in [-0.25, -0.2) is 0 Å². The van der Waals surface area contributed by atoms with Crippen LogP contribution in [0.5, 0.6) is 5.75 Å². The number of rotatable bonds is 6. The Balaban J connectivity index is 1.33. The van der Waals surface area contributed by atoms with Gasteiger partial charge in [-0.1, -0.05) is 47.5 Å². The van der Waals surface area contributed by atoms with Crippen molar-refractivity contribution in [1.29, 1.82) is 0 Å². The highest BCUT2D eigenvalue weighted by atomic mass is 35.5. The van der Waals surface area contributed by atoms with Crippen molar-refractivity contribution in [3.63, 3.8) is 0 Å². The van der Waals surface area contributed by atoms with Crippen molar-refractivity contribution in [2.24, 2.45) is 5.10 Å². The molecule has 5 nitrogen and oxygen atoms in total. The SMILES string of the molecule is COc1ccc(C2CC(c3cccc(Nc4ccnc5cc(Cl)ccc45)c3)=NN2c2ccc(Cl)cc2)cc1. The van der Waals surface area contributed by atoms with E-state index in [2.05, 4.69) is 45.6 Å². The summed E-state index contributed by atoms with van der Waals surface area (Å²) in [6.07, 6.45) is 2.55. The van der Waals surface area contributed by atoms with Gasteiger partial charge in [0.1, 0.15) is 5.75 Å². The lowest BCUT2D eigenvalue weighted by Gasteiger charge is -2.24. The molecule has 0 saturated carbocycles. The van der Waals surface area contributed by atoms with E-state index in [0.717, 1.165) is 57.0 Å². The number of nitrogens with one attached hydrogen (secondary N) is 1. The summed E-state index contributed by atoms with van der Waals surface area (Å²) in [6, 6.07) is 32.1. The Morgan fingerprint density at radius 2 is 1.66 bits per heavy atom. The first-order chi connectivity index (χ1) is 18.6. The average molecular weight is 539 g/mol. The van der Waals surface area contributed by atoms with Crippen LogP contribution in [0.3, 0.4) is 0 Å². The summed E-state index contributed by atoms with van der Waals surface area (Å²) >= 11 is 12.3. The molecule has 1 aliphatic heterocycles. The number of ether oxygens (including phenoxy) is 1. The van der Waals surface area contributed by atoms with Crippen molar-refractivity contribution >= 4 is 56.9 Å². The molecule has 2 heterocycles. The predicted molar refractivity (Wildman–Crippen MR) is 157 cm³/mol. The summed E-state index contributed by atoms with van der Waals surface area (Å²) < 4.78 is 5.37. The summed E-state index contributed by atoms with van der Waals surface area (Å²) in [5, 5.41) is 13.1. The van der Waals surface area contributed by atoms with Gasteiger partial charge in [-0.05, 0) is 83.9 Å². The maximum Gasteiger partial charge on any atom is 0.118 e. The van der Waals surface area contributed by atoms with Crippen LogP contribution in [0.1, 0.15) is 23.6 Å². The van der Waals surface area contributed by atoms with Crippen LogP contribution < -0.4 is 15.1 Å². The van der Waals surface area contributed by atoms with Gasteiger partial charge in [-0.2, -0.15) is 5.10 Å². The zero-order chi connectivity index (χ0) is 26.1. The zero-order valence-corrected chi connectivity index (χ0v) is 22.1. The van der Waals surface area contributed by atoms with Crippen LogP contribution in [0.2, 0.25) is 10.0 Å². The van der Waals surface area contributed by atoms with Gasteiger partial charge in [0.25, 0.3) is 0 Å². The summed E-state index contributed by atoms with van der Waals surface area (Å²) in [7, 11) is 1.68. The molecule has 0 radical (unpaired) electrons. The van der Waals surface area contributed by atoms with E-state index in [1.165, 1.54) is 0 Å². The van der Waals surface area contributed by atoms with Gasteiger partial charge >= 0.3 is 0 Å². The molecule has 4 aromatic carbocycles. The van der Waals surface area contributed by atoms with E-state index < -0.39 is 0 Å². The number of methoxy groups -OCH3 is 1. The molecular formula is C31H24Cl2N4O. The Kier molecular flexibility index (Phi) is 6.62. The first kappa shape index (κ1) is 24.3. The van der Waals surface area contributed by atoms with Gasteiger partial charge in [-0.15, -0.1) is 0 Å². The van der Waals surface area contributed by atoms with E-state index in [1.54, 1.807) is 13.3 Å². The molecule has 0 aliphatic carbocycles. The number of halogens is 2. The molecule has 188 valence electrons. The number of hydrogen-bond donors (Lipinski definition) is 1. The van der Waals surface area contributed by atoms with Crippen molar-refractivity contribution in [1.82, 2.24) is 4.98 Å². The Morgan fingerprint density at radius 3 is 2.45 bits per heavy atom. The second kappa shape index (κ2) is 10.4. The lowest BCUT2D eigenvalue weighted by Crippen LogP contribution is -2.18. The molecule has 0 spiro atoms. The second-order valence-corrected chi connectivity index (χ2v) is 9.96. The summed E-state index contributed by atoms with van der Waals surface area (Å²) in [5.74, 6) is 0.829. The molecule has 1 aliphatic rings. The van der Waals surface area contributed by atoms with Crippen molar-refractivity contribution in [3.05, 3.63) is 124 Å². The minimum absolute atomic E-state index is 0.0441. The maximum absolute atomic E-state index is 6.17. The molecule has 0 fully saturated rings. The Morgan fingerprint density at radius 1 is 0.868 bits per heavy atom. The normalized spacial score (nSPS) is 15.0. The third-order valence-corrected chi connectivity index (χ3v) is 7.17. The van der Waals surface area contributed by atoms with Gasteiger partial charge in [0.05, 0.1) is 30.1 Å². The average Bonchev–Trinajstić information content (AvgIpc) is 3.39. The highest BCUT2D eigenvalue weighted by Crippen LogP contribution is 2.38. The molecule has 1 atom stereocenters. The molecule has 1 unspecified atom stereocenters. The second-order valence-electron chi connectivity index (χ2n) is 9.09. The van der Waals surface area contributed by atoms with Gasteiger partial charge < -0.3 is 10.1 Å². The molecule has 0 amide bonds. The molecular weight excluding hydrogens is 515 g/mol. The van der Waals surface area contributed by atoms with Crippen molar-refractivity contribution in [2.45, 2.75) is 12.5 Å². The van der Waals surface area contributed by atoms with Crippen LogP contribution in [0.25, 0.3) is 10.9 Å². The van der Waals surface area contributed by atoms with Crippen LogP contribution in [0, 0.1) is 0 Å². The fourth-order valence-corrected chi connectivity index (χ4v) is 5.06. The minimum atomic E-state index is 0.0441. The van der Waals surface area contributed by atoms with Gasteiger partial charge in [0, 0.05) is 39.4 Å². The molecule has 1 N–H and O–H groups in total. The Bertz CT molecular complexity index is 1630. The van der Waals surface area contributed by atoms with Gasteiger partial charge in [0.2, 0.25) is 0 Å². The first-order valence-corrected chi connectivity index (χ1v) is 13.0. The molecule has 7 heteroatoms. The van der Waals surface area contributed by atoms with Crippen LogP contribution in [-0.2, 0) is 0 Å². The number of nitrogens with zero attached hydrogens (tertiary/aromatic N) is 3. The van der Waals surface area contributed by atoms with Crippen LogP contribution in [0.4, 0.5) is 17.1 Å². The molecule has 6 rings (SSSR count). The fourth-order valence-electron chi connectivity index (χ4n) is 4.76. The summed E-state index contributed by atoms with van der Waals surface area (Å²) in [6.45, 7) is 0. The van der Waals surface area contributed by atoms with Gasteiger partial charge in [0.15, 0.2) is 0 Å². The lowest BCUT2D eigenvalue weighted by molar-refractivity contribution is 0.414. The zero-order valence-electron chi connectivity index (χ0n) is 20.6. The highest BCUT2D eigenvalue weighted by molar-refractivity contribution is 6.31. The number of anilines is 3. The Hall–Kier alpha value is -4.06. The highest BCUT2D eigenvalue weighted by Gasteiger charge is 2.30. The summed E-state index contributed by atoms with van der Waals surface area (Å²) in [5.41, 5.74) is 7.01. The molecule has 0 saturated heterocycles. The first-order valence-electron chi connectivity index (χ1n) is 12.3. The molecule has 38 heavy (non-hydrogen) atoms. The number of pyridine rings is 1. The predicted octanol–water partition coefficient (Wildman–Crippen LogP) is 8.65. The van der Waals surface area contributed by atoms with Crippen LogP contribution >= 0.6 is 23.2 Å². The number of benzene rings is 4. The summed E-state index contributed by atoms with van der Waals surface area (Å²) in [4.78, 5) is 4.45. The lowest BCUT2D eigenvalue weighted by atomic mass is 9.98. The van der Waals surface area contributed by atoms with E-state index in [9.17, 15) is 0 Å². The number of fused-ring (bicyclic) bond motifs is 1. The Labute approximate surface area is 231 Å². The standard InChI is InChI=1S/C31H24Cl2N4O/c1-38-26-12-5-20(6-13-26)31-19-29(36-37(31)25-10-7-22(32)8-11-25)21-3-2-4-24(17-21)35-28-15-16-34-30-18-23(33)9-14-27(28)30/h2-18,31H,19H2,1H3,(H,34,35). The van der Waals surface area contributed by atoms with Crippen LogP contribution in [-0.4, -0.2) is 17.8 Å². The molecule has 5 aromatic rings. The quantitative estimate of drug-likeness (QED) is 0.235. The van der Waals surface area contributed by atoms with Crippen molar-refractivity contribution in [2.75, 3.05) is 17.4 Å². The number of hydrazone groups is 1. The van der Waals surface area contributed by atoms with Crippen molar-refractivity contribution < 1.29 is 4.74 Å². The van der Waals surface area contributed by atoms with Crippen LogP contribution in [0.15, 0.2) is 108 Å². The minimum Gasteiger partial charge on any atom is -0.497 e. The third kappa shape index (κ3) is 4.91. The third-order valence-electron chi connectivity index (χ3n) is 6.68. The smallest absolute Gasteiger partial charge is 0.118 e. The van der Waals surface area contributed by atoms with Gasteiger partial charge in [-0.3, -0.25) is 9.99 Å². The van der Waals surface area contributed by atoms with E-state index in [0.29, 0.717) is 10.0 Å². The van der Waals surface area contributed by atoms with Crippen molar-refractivity contribution in [3.8, 4) is 5.75 Å². The number of hydrogen-bond acceptors (Lipinski definition) is 5. The van der Waals surface area contributed by atoms with E-state index >= 15 is 0 Å². The monoisotopic (exact) mass is 538 g/mol.